The Morgan fingerprint density at radius 2 is 1.66 bits per heavy atom. The molecule has 7 heteroatoms. The highest BCUT2D eigenvalue weighted by Crippen LogP contribution is 2.29. The van der Waals surface area contributed by atoms with Crippen molar-refractivity contribution in [2.24, 2.45) is 0 Å². The third-order valence-corrected chi connectivity index (χ3v) is 7.70. The van der Waals surface area contributed by atoms with Gasteiger partial charge in [0.15, 0.2) is 0 Å². The maximum absolute atomic E-state index is 12.7. The number of carbonyl (C=O) groups is 1. The number of carbonyl (C=O) groups excluding carboxylic acids is 1. The van der Waals surface area contributed by atoms with Gasteiger partial charge in [-0.05, 0) is 42.5 Å². The molecule has 1 amide bonds. The molecule has 4 rings (SSSR count). The summed E-state index contributed by atoms with van der Waals surface area (Å²) in [6.07, 6.45) is 3.12. The SMILES string of the molecule is O=C(CN1CCN(S(=O)(=O)c2ccccc2)CC1)N[C@@H]1CCCc2ccccc21. The number of benzene rings is 2. The van der Waals surface area contributed by atoms with Gasteiger partial charge in [-0.15, -0.1) is 0 Å². The van der Waals surface area contributed by atoms with Crippen LogP contribution in [0.2, 0.25) is 0 Å². The summed E-state index contributed by atoms with van der Waals surface area (Å²) in [6, 6.07) is 16.9. The summed E-state index contributed by atoms with van der Waals surface area (Å²) in [5, 5.41) is 3.18. The first kappa shape index (κ1) is 20.1. The van der Waals surface area contributed by atoms with Crippen molar-refractivity contribution in [3.8, 4) is 0 Å². The maximum atomic E-state index is 12.7. The highest BCUT2D eigenvalue weighted by atomic mass is 32.2. The molecular formula is C22H27N3O3S. The number of hydrogen-bond acceptors (Lipinski definition) is 4. The van der Waals surface area contributed by atoms with E-state index in [4.69, 9.17) is 0 Å². The molecule has 0 unspecified atom stereocenters. The quantitative estimate of drug-likeness (QED) is 0.816. The fourth-order valence-electron chi connectivity index (χ4n) is 4.22. The highest BCUT2D eigenvalue weighted by molar-refractivity contribution is 7.89. The van der Waals surface area contributed by atoms with Crippen molar-refractivity contribution in [1.82, 2.24) is 14.5 Å². The Morgan fingerprint density at radius 3 is 2.41 bits per heavy atom. The number of nitrogens with zero attached hydrogens (tertiary/aromatic N) is 2. The summed E-state index contributed by atoms with van der Waals surface area (Å²) in [5.74, 6) is 0.00562. The molecule has 1 aliphatic heterocycles. The van der Waals surface area contributed by atoms with Gasteiger partial charge in [0.1, 0.15) is 0 Å². The number of amides is 1. The Balaban J connectivity index is 1.31. The van der Waals surface area contributed by atoms with E-state index in [9.17, 15) is 13.2 Å². The van der Waals surface area contributed by atoms with Crippen molar-refractivity contribution >= 4 is 15.9 Å². The predicted octanol–water partition coefficient (Wildman–Crippen LogP) is 2.19. The van der Waals surface area contributed by atoms with E-state index >= 15 is 0 Å². The van der Waals surface area contributed by atoms with Crippen LogP contribution in [0.1, 0.15) is 30.0 Å². The van der Waals surface area contributed by atoms with Crippen LogP contribution in [0.4, 0.5) is 0 Å². The lowest BCUT2D eigenvalue weighted by atomic mass is 9.88. The van der Waals surface area contributed by atoms with Crippen LogP contribution >= 0.6 is 0 Å². The summed E-state index contributed by atoms with van der Waals surface area (Å²) in [5.41, 5.74) is 2.55. The van der Waals surface area contributed by atoms with Gasteiger partial charge < -0.3 is 5.32 Å². The van der Waals surface area contributed by atoms with Crippen molar-refractivity contribution < 1.29 is 13.2 Å². The molecule has 1 fully saturated rings. The van der Waals surface area contributed by atoms with Gasteiger partial charge in [0, 0.05) is 26.2 Å². The Bertz CT molecular complexity index is 954. The van der Waals surface area contributed by atoms with Crippen LogP contribution in [-0.4, -0.2) is 56.3 Å². The highest BCUT2D eigenvalue weighted by Gasteiger charge is 2.29. The molecule has 1 atom stereocenters. The lowest BCUT2D eigenvalue weighted by Crippen LogP contribution is -2.51. The van der Waals surface area contributed by atoms with Gasteiger partial charge >= 0.3 is 0 Å². The van der Waals surface area contributed by atoms with Gasteiger partial charge in [-0.3, -0.25) is 9.69 Å². The van der Waals surface area contributed by atoms with Gasteiger partial charge in [-0.2, -0.15) is 4.31 Å². The minimum Gasteiger partial charge on any atom is -0.348 e. The maximum Gasteiger partial charge on any atom is 0.243 e. The lowest BCUT2D eigenvalue weighted by Gasteiger charge is -2.34. The van der Waals surface area contributed by atoms with Crippen molar-refractivity contribution in [3.05, 3.63) is 65.7 Å². The van der Waals surface area contributed by atoms with E-state index in [-0.39, 0.29) is 11.9 Å². The largest absolute Gasteiger partial charge is 0.348 e. The molecule has 1 heterocycles. The van der Waals surface area contributed by atoms with E-state index in [0.717, 1.165) is 19.3 Å². The number of fused-ring (bicyclic) bond motifs is 1. The number of rotatable bonds is 5. The van der Waals surface area contributed by atoms with E-state index in [1.165, 1.54) is 15.4 Å². The zero-order chi connectivity index (χ0) is 20.3. The van der Waals surface area contributed by atoms with Crippen LogP contribution in [-0.2, 0) is 21.2 Å². The van der Waals surface area contributed by atoms with Crippen molar-refractivity contribution in [2.75, 3.05) is 32.7 Å². The number of piperazine rings is 1. The zero-order valence-electron chi connectivity index (χ0n) is 16.5. The molecule has 29 heavy (non-hydrogen) atoms. The molecule has 0 aromatic heterocycles. The molecule has 2 aliphatic rings. The van der Waals surface area contributed by atoms with E-state index < -0.39 is 10.0 Å². The summed E-state index contributed by atoms with van der Waals surface area (Å²) in [6.45, 7) is 2.22. The van der Waals surface area contributed by atoms with Crippen molar-refractivity contribution in [1.29, 1.82) is 0 Å². The number of sulfonamides is 1. The average molecular weight is 414 g/mol. The average Bonchev–Trinajstić information content (AvgIpc) is 2.75. The third kappa shape index (κ3) is 4.52. The number of nitrogens with one attached hydrogen (secondary N) is 1. The van der Waals surface area contributed by atoms with Gasteiger partial charge in [0.25, 0.3) is 0 Å². The van der Waals surface area contributed by atoms with E-state index in [2.05, 4.69) is 17.4 Å². The molecule has 1 aliphatic carbocycles. The summed E-state index contributed by atoms with van der Waals surface area (Å²) < 4.78 is 27.0. The van der Waals surface area contributed by atoms with Crippen LogP contribution in [0, 0.1) is 0 Å². The predicted molar refractivity (Wildman–Crippen MR) is 112 cm³/mol. The zero-order valence-corrected chi connectivity index (χ0v) is 17.3. The molecule has 0 spiro atoms. The van der Waals surface area contributed by atoms with Crippen LogP contribution < -0.4 is 5.32 Å². The molecule has 2 aromatic rings. The van der Waals surface area contributed by atoms with Gasteiger partial charge in [-0.1, -0.05) is 42.5 Å². The Morgan fingerprint density at radius 1 is 0.966 bits per heavy atom. The molecule has 1 N–H and O–H groups in total. The smallest absolute Gasteiger partial charge is 0.243 e. The molecular weight excluding hydrogens is 386 g/mol. The van der Waals surface area contributed by atoms with Gasteiger partial charge in [-0.25, -0.2) is 8.42 Å². The summed E-state index contributed by atoms with van der Waals surface area (Å²) in [4.78, 5) is 15.0. The first-order chi connectivity index (χ1) is 14.0. The van der Waals surface area contributed by atoms with E-state index in [0.29, 0.717) is 37.6 Å². The van der Waals surface area contributed by atoms with Gasteiger partial charge in [0.05, 0.1) is 17.5 Å². The van der Waals surface area contributed by atoms with Crippen LogP contribution in [0.3, 0.4) is 0 Å². The minimum absolute atomic E-state index is 0.00562. The van der Waals surface area contributed by atoms with E-state index in [1.54, 1.807) is 30.3 Å². The number of aryl methyl sites for hydroxylation is 1. The summed E-state index contributed by atoms with van der Waals surface area (Å²) in [7, 11) is -3.46. The first-order valence-corrected chi connectivity index (χ1v) is 11.6. The second kappa shape index (κ2) is 8.65. The Kier molecular flexibility index (Phi) is 5.99. The molecule has 0 radical (unpaired) electrons. The Hall–Kier alpha value is -2.22. The molecule has 1 saturated heterocycles. The van der Waals surface area contributed by atoms with Crippen LogP contribution in [0.25, 0.3) is 0 Å². The molecule has 154 valence electrons. The van der Waals surface area contributed by atoms with Crippen LogP contribution in [0.15, 0.2) is 59.5 Å². The molecule has 0 bridgehead atoms. The molecule has 2 aromatic carbocycles. The standard InChI is InChI=1S/C22H27N3O3S/c26-22(23-21-12-6-8-18-7-4-5-11-20(18)21)17-24-13-15-25(16-14-24)29(27,28)19-9-2-1-3-10-19/h1-5,7,9-11,21H,6,8,12-17H2,(H,23,26)/t21-/m1/s1. The van der Waals surface area contributed by atoms with E-state index in [1.807, 2.05) is 17.0 Å². The normalized spacial score (nSPS) is 20.8. The third-order valence-electron chi connectivity index (χ3n) is 5.78. The van der Waals surface area contributed by atoms with Gasteiger partial charge in [0.2, 0.25) is 15.9 Å². The lowest BCUT2D eigenvalue weighted by molar-refractivity contribution is -0.123. The fourth-order valence-corrected chi connectivity index (χ4v) is 5.66. The van der Waals surface area contributed by atoms with Crippen molar-refractivity contribution in [2.45, 2.75) is 30.2 Å². The van der Waals surface area contributed by atoms with Crippen molar-refractivity contribution in [3.63, 3.8) is 0 Å². The molecule has 0 saturated carbocycles. The second-order valence-corrected chi connectivity index (χ2v) is 9.64. The topological polar surface area (TPSA) is 69.7 Å². The van der Waals surface area contributed by atoms with Crippen LogP contribution in [0.5, 0.6) is 0 Å². The second-order valence-electron chi connectivity index (χ2n) is 7.70. The fraction of sp³-hybridized carbons (Fsp3) is 0.409. The first-order valence-electron chi connectivity index (χ1n) is 10.2. The monoisotopic (exact) mass is 413 g/mol. The molecule has 6 nitrogen and oxygen atoms in total. The summed E-state index contributed by atoms with van der Waals surface area (Å²) >= 11 is 0. The minimum atomic E-state index is -3.46. The number of hydrogen-bond donors (Lipinski definition) is 1. The Labute approximate surface area is 172 Å².